The molecule has 4 rings (SSSR count). The molecule has 0 aliphatic carbocycles. The molecule has 1 aliphatic rings. The first-order chi connectivity index (χ1) is 18.2. The quantitative estimate of drug-likeness (QED) is 0.214. The fourth-order valence-electron chi connectivity index (χ4n) is 4.08. The molecule has 1 fully saturated rings. The summed E-state index contributed by atoms with van der Waals surface area (Å²) in [5, 5.41) is 4.66. The first kappa shape index (κ1) is 28.4. The van der Waals surface area contributed by atoms with Gasteiger partial charge < -0.3 is 15.1 Å². The number of thioether (sulfide) groups is 1. The van der Waals surface area contributed by atoms with Crippen molar-refractivity contribution in [1.82, 2.24) is 20.2 Å². The summed E-state index contributed by atoms with van der Waals surface area (Å²) in [7, 11) is 0. The van der Waals surface area contributed by atoms with E-state index in [1.54, 1.807) is 23.1 Å². The minimum absolute atomic E-state index is 0.105. The Morgan fingerprint density at radius 2 is 1.84 bits per heavy atom. The number of carbonyl (C=O) groups is 2. The molecule has 200 valence electrons. The van der Waals surface area contributed by atoms with Crippen LogP contribution < -0.4 is 10.2 Å². The van der Waals surface area contributed by atoms with Crippen LogP contribution in [0.15, 0.2) is 53.7 Å². The largest absolute Gasteiger partial charge is 0.355 e. The van der Waals surface area contributed by atoms with Gasteiger partial charge >= 0.3 is 0 Å². The van der Waals surface area contributed by atoms with Gasteiger partial charge in [-0.1, -0.05) is 52.6 Å². The normalized spacial score (nSPS) is 15.4. The summed E-state index contributed by atoms with van der Waals surface area (Å²) in [5.41, 5.74) is 1.35. The van der Waals surface area contributed by atoms with Gasteiger partial charge in [0.05, 0.1) is 5.75 Å². The van der Waals surface area contributed by atoms with Gasteiger partial charge in [0.25, 0.3) is 5.91 Å². The zero-order valence-corrected chi connectivity index (χ0v) is 23.5. The number of piperazine rings is 1. The first-order valence-electron chi connectivity index (χ1n) is 11.9. The Morgan fingerprint density at radius 1 is 1.08 bits per heavy atom. The van der Waals surface area contributed by atoms with Crippen molar-refractivity contribution in [3.8, 4) is 0 Å². The molecule has 2 aromatic carbocycles. The Bertz CT molecular complexity index is 1310. The average molecular weight is 597 g/mol. The lowest BCUT2D eigenvalue weighted by Crippen LogP contribution is -2.54. The minimum Gasteiger partial charge on any atom is -0.355 e. The van der Waals surface area contributed by atoms with Gasteiger partial charge in [0, 0.05) is 53.9 Å². The number of hydrogen-bond donors (Lipinski definition) is 1. The first-order valence-corrected chi connectivity index (χ1v) is 14.0. The summed E-state index contributed by atoms with van der Waals surface area (Å²) in [6, 6.07) is 12.4. The monoisotopic (exact) mass is 595 g/mol. The van der Waals surface area contributed by atoms with Gasteiger partial charge in [0.2, 0.25) is 5.91 Å². The van der Waals surface area contributed by atoms with Gasteiger partial charge in [-0.25, -0.2) is 14.4 Å². The van der Waals surface area contributed by atoms with Crippen LogP contribution in [0.1, 0.15) is 22.8 Å². The lowest BCUT2D eigenvalue weighted by Gasteiger charge is -2.40. The van der Waals surface area contributed by atoms with Crippen molar-refractivity contribution in [3.05, 3.63) is 80.7 Å². The van der Waals surface area contributed by atoms with E-state index in [-0.39, 0.29) is 34.6 Å². The highest BCUT2D eigenvalue weighted by Crippen LogP contribution is 2.25. The molecule has 38 heavy (non-hydrogen) atoms. The van der Waals surface area contributed by atoms with E-state index in [9.17, 15) is 14.0 Å². The van der Waals surface area contributed by atoms with Crippen molar-refractivity contribution in [2.45, 2.75) is 24.5 Å². The highest BCUT2D eigenvalue weighted by molar-refractivity contribution is 7.99. The maximum Gasteiger partial charge on any atom is 0.254 e. The van der Waals surface area contributed by atoms with Crippen molar-refractivity contribution in [2.24, 2.45) is 0 Å². The molecule has 0 bridgehead atoms. The third-order valence-corrected chi connectivity index (χ3v) is 7.66. The van der Waals surface area contributed by atoms with E-state index in [4.69, 9.17) is 34.8 Å². The van der Waals surface area contributed by atoms with Gasteiger partial charge in [0.1, 0.15) is 16.8 Å². The Hall–Kier alpha value is -2.59. The van der Waals surface area contributed by atoms with Crippen LogP contribution >= 0.6 is 46.6 Å². The second kappa shape index (κ2) is 13.0. The molecule has 2 amide bonds. The van der Waals surface area contributed by atoms with E-state index >= 15 is 0 Å². The van der Waals surface area contributed by atoms with Crippen LogP contribution in [0.5, 0.6) is 0 Å². The minimum atomic E-state index is -0.380. The summed E-state index contributed by atoms with van der Waals surface area (Å²) < 4.78 is 13.2. The van der Waals surface area contributed by atoms with Gasteiger partial charge in [-0.05, 0) is 55.3 Å². The Balaban J connectivity index is 1.30. The van der Waals surface area contributed by atoms with Crippen molar-refractivity contribution in [3.63, 3.8) is 0 Å². The molecule has 3 aromatic rings. The number of amides is 2. The number of anilines is 1. The molecule has 1 N–H and O–H groups in total. The molecule has 1 atom stereocenters. The topological polar surface area (TPSA) is 78.4 Å². The van der Waals surface area contributed by atoms with E-state index in [0.717, 1.165) is 5.56 Å². The summed E-state index contributed by atoms with van der Waals surface area (Å²) in [4.78, 5) is 37.9. The summed E-state index contributed by atoms with van der Waals surface area (Å²) in [6.45, 7) is 3.94. The van der Waals surface area contributed by atoms with Crippen LogP contribution in [-0.4, -0.2) is 64.7 Å². The zero-order chi connectivity index (χ0) is 27.2. The highest BCUT2D eigenvalue weighted by atomic mass is 35.5. The fourth-order valence-corrected chi connectivity index (χ4v) is 5.49. The number of hydrogen-bond acceptors (Lipinski definition) is 6. The lowest BCUT2D eigenvalue weighted by atomic mass is 10.1. The molecular weight excluding hydrogens is 572 g/mol. The van der Waals surface area contributed by atoms with Gasteiger partial charge in [-0.2, -0.15) is 0 Å². The second-order valence-corrected chi connectivity index (χ2v) is 10.9. The maximum atomic E-state index is 13.2. The van der Waals surface area contributed by atoms with E-state index in [2.05, 4.69) is 15.3 Å². The van der Waals surface area contributed by atoms with Crippen LogP contribution in [-0.2, 0) is 11.2 Å². The van der Waals surface area contributed by atoms with E-state index < -0.39 is 0 Å². The molecule has 2 heterocycles. The molecule has 1 saturated heterocycles. The number of carbonyl (C=O) groups excluding carboxylic acids is 2. The predicted molar refractivity (Wildman–Crippen MR) is 150 cm³/mol. The molecule has 1 aliphatic heterocycles. The van der Waals surface area contributed by atoms with E-state index in [1.807, 2.05) is 17.9 Å². The van der Waals surface area contributed by atoms with Gasteiger partial charge in [-0.3, -0.25) is 9.59 Å². The molecule has 1 unspecified atom stereocenters. The molecular formula is C26H25Cl3FN5O2S. The van der Waals surface area contributed by atoms with Gasteiger partial charge in [0.15, 0.2) is 5.16 Å². The van der Waals surface area contributed by atoms with Crippen LogP contribution in [0.2, 0.25) is 15.2 Å². The van der Waals surface area contributed by atoms with E-state index in [1.165, 1.54) is 36.0 Å². The summed E-state index contributed by atoms with van der Waals surface area (Å²) >= 11 is 19.6. The molecule has 0 saturated carbocycles. The van der Waals surface area contributed by atoms with Crippen LogP contribution in [0.3, 0.4) is 0 Å². The Labute approximate surface area is 239 Å². The number of benzene rings is 2. The number of rotatable bonds is 8. The SMILES string of the molecule is CC1CN(c2cc(Cl)nc(SCC(=O)NCCc3ccc(Cl)cc3Cl)n2)CCN1C(=O)c1ccc(F)cc1. The van der Waals surface area contributed by atoms with Crippen molar-refractivity contribution >= 4 is 64.2 Å². The Morgan fingerprint density at radius 3 is 2.55 bits per heavy atom. The maximum absolute atomic E-state index is 13.2. The lowest BCUT2D eigenvalue weighted by molar-refractivity contribution is -0.118. The van der Waals surface area contributed by atoms with Crippen molar-refractivity contribution < 1.29 is 14.0 Å². The predicted octanol–water partition coefficient (Wildman–Crippen LogP) is 5.38. The van der Waals surface area contributed by atoms with Crippen LogP contribution in [0.4, 0.5) is 10.2 Å². The Kier molecular flexibility index (Phi) is 9.70. The second-order valence-electron chi connectivity index (χ2n) is 8.76. The third-order valence-electron chi connectivity index (χ3n) is 6.03. The molecule has 7 nitrogen and oxygen atoms in total. The molecule has 0 radical (unpaired) electrons. The standard InChI is InChI=1S/C26H25Cl3FN5O2S/c1-16-14-34(10-11-35(16)25(37)18-3-6-20(30)7-4-18)23-13-22(29)32-26(33-23)38-15-24(36)31-9-8-17-2-5-19(27)12-21(17)28/h2-7,12-13,16H,8-11,14-15H2,1H3,(H,31,36). The zero-order valence-electron chi connectivity index (χ0n) is 20.5. The smallest absolute Gasteiger partial charge is 0.254 e. The molecule has 0 spiro atoms. The van der Waals surface area contributed by atoms with Crippen LogP contribution in [0.25, 0.3) is 0 Å². The van der Waals surface area contributed by atoms with E-state index in [0.29, 0.717) is 59.2 Å². The number of halogens is 4. The van der Waals surface area contributed by atoms with Crippen molar-refractivity contribution in [1.29, 1.82) is 0 Å². The summed E-state index contributed by atoms with van der Waals surface area (Å²) in [6.07, 6.45) is 0.581. The molecule has 12 heteroatoms. The fraction of sp³-hybridized carbons (Fsp3) is 0.308. The number of aromatic nitrogens is 2. The average Bonchev–Trinajstić information content (AvgIpc) is 2.88. The van der Waals surface area contributed by atoms with Crippen molar-refractivity contribution in [2.75, 3.05) is 36.8 Å². The van der Waals surface area contributed by atoms with Gasteiger partial charge in [-0.15, -0.1) is 0 Å². The van der Waals surface area contributed by atoms with Crippen LogP contribution in [0, 0.1) is 5.82 Å². The summed E-state index contributed by atoms with van der Waals surface area (Å²) in [5.74, 6) is 0.0788. The molecule has 1 aromatic heterocycles. The third kappa shape index (κ3) is 7.50. The number of nitrogens with one attached hydrogen (secondary N) is 1. The number of nitrogens with zero attached hydrogens (tertiary/aromatic N) is 4. The highest BCUT2D eigenvalue weighted by Gasteiger charge is 2.29.